The molecule has 1 fully saturated rings. The number of rotatable bonds is 3. The lowest BCUT2D eigenvalue weighted by Gasteiger charge is -2.32. The molecule has 1 aliphatic rings. The number of nitrogens with two attached hydrogens (primary N) is 1. The summed E-state index contributed by atoms with van der Waals surface area (Å²) in [7, 11) is 0. The van der Waals surface area contributed by atoms with Gasteiger partial charge >= 0.3 is 0 Å². The molecule has 1 atom stereocenters. The Bertz CT molecular complexity index is 550. The van der Waals surface area contributed by atoms with Gasteiger partial charge in [-0.1, -0.05) is 29.9 Å². The van der Waals surface area contributed by atoms with Gasteiger partial charge in [0.25, 0.3) is 5.91 Å². The van der Waals surface area contributed by atoms with Gasteiger partial charge in [-0.2, -0.15) is 0 Å². The highest BCUT2D eigenvalue weighted by Gasteiger charge is 2.25. The predicted octanol–water partition coefficient (Wildman–Crippen LogP) is 2.22. The third kappa shape index (κ3) is 3.40. The first kappa shape index (κ1) is 14.6. The molecule has 1 aromatic rings. The van der Waals surface area contributed by atoms with Crippen LogP contribution in [0, 0.1) is 24.7 Å². The number of hydrogen-bond donors (Lipinski definition) is 2. The molecule has 106 valence electrons. The van der Waals surface area contributed by atoms with Crippen molar-refractivity contribution in [2.24, 2.45) is 11.7 Å². The molecule has 0 heterocycles. The number of carbonyl (C=O) groups excluding carboxylic acids is 1. The van der Waals surface area contributed by atoms with E-state index in [0.717, 1.165) is 11.1 Å². The molecule has 1 amide bonds. The summed E-state index contributed by atoms with van der Waals surface area (Å²) in [6.07, 6.45) is 3.72. The van der Waals surface area contributed by atoms with Gasteiger partial charge in [0.05, 0.1) is 12.1 Å². The van der Waals surface area contributed by atoms with E-state index in [1.165, 1.54) is 19.3 Å². The summed E-state index contributed by atoms with van der Waals surface area (Å²) in [4.78, 5) is 12.4. The second-order valence-electron chi connectivity index (χ2n) is 5.51. The SMILES string of the molecule is Cc1ccc(C#CCN)c(C(=O)NC(C)C2CCC2)c1. The van der Waals surface area contributed by atoms with Crippen LogP contribution < -0.4 is 11.1 Å². The fraction of sp³-hybridized carbons (Fsp3) is 0.471. The molecule has 0 aliphatic heterocycles. The molecular formula is C17H22N2O. The normalized spacial score (nSPS) is 15.8. The molecule has 1 unspecified atom stereocenters. The van der Waals surface area contributed by atoms with Crippen molar-refractivity contribution in [1.82, 2.24) is 5.32 Å². The molecule has 0 aromatic heterocycles. The van der Waals surface area contributed by atoms with Crippen LogP contribution in [0.5, 0.6) is 0 Å². The summed E-state index contributed by atoms with van der Waals surface area (Å²) in [5.41, 5.74) is 7.86. The maximum absolute atomic E-state index is 12.4. The molecule has 1 saturated carbocycles. The van der Waals surface area contributed by atoms with Crippen molar-refractivity contribution >= 4 is 5.91 Å². The Hall–Kier alpha value is -1.79. The zero-order valence-corrected chi connectivity index (χ0v) is 12.2. The van der Waals surface area contributed by atoms with Gasteiger partial charge in [-0.3, -0.25) is 4.79 Å². The third-order valence-electron chi connectivity index (χ3n) is 3.96. The lowest BCUT2D eigenvalue weighted by molar-refractivity contribution is 0.0909. The zero-order valence-electron chi connectivity index (χ0n) is 12.2. The Labute approximate surface area is 120 Å². The Morgan fingerprint density at radius 1 is 1.50 bits per heavy atom. The highest BCUT2D eigenvalue weighted by Crippen LogP contribution is 2.29. The van der Waals surface area contributed by atoms with Crippen molar-refractivity contribution in [3.8, 4) is 11.8 Å². The zero-order chi connectivity index (χ0) is 14.5. The molecule has 0 bridgehead atoms. The van der Waals surface area contributed by atoms with Crippen LogP contribution in [0.15, 0.2) is 18.2 Å². The monoisotopic (exact) mass is 270 g/mol. The van der Waals surface area contributed by atoms with Crippen LogP contribution in [0.25, 0.3) is 0 Å². The first-order valence-corrected chi connectivity index (χ1v) is 7.22. The maximum atomic E-state index is 12.4. The number of benzene rings is 1. The van der Waals surface area contributed by atoms with E-state index in [1.54, 1.807) is 0 Å². The second kappa shape index (κ2) is 6.58. The summed E-state index contributed by atoms with van der Waals surface area (Å²) in [6, 6.07) is 5.98. The topological polar surface area (TPSA) is 55.1 Å². The Balaban J connectivity index is 2.16. The van der Waals surface area contributed by atoms with Gasteiger partial charge in [-0.15, -0.1) is 0 Å². The van der Waals surface area contributed by atoms with Gasteiger partial charge in [-0.05, 0) is 44.7 Å². The van der Waals surface area contributed by atoms with Crippen LogP contribution in [-0.2, 0) is 0 Å². The Morgan fingerprint density at radius 2 is 2.25 bits per heavy atom. The van der Waals surface area contributed by atoms with E-state index >= 15 is 0 Å². The van der Waals surface area contributed by atoms with Gasteiger partial charge in [0, 0.05) is 11.6 Å². The van der Waals surface area contributed by atoms with Gasteiger partial charge in [-0.25, -0.2) is 0 Å². The van der Waals surface area contributed by atoms with Crippen molar-refractivity contribution in [3.05, 3.63) is 34.9 Å². The van der Waals surface area contributed by atoms with E-state index in [-0.39, 0.29) is 11.9 Å². The minimum Gasteiger partial charge on any atom is -0.349 e. The van der Waals surface area contributed by atoms with E-state index in [0.29, 0.717) is 18.0 Å². The van der Waals surface area contributed by atoms with Crippen molar-refractivity contribution < 1.29 is 4.79 Å². The quantitative estimate of drug-likeness (QED) is 0.828. The molecule has 0 spiro atoms. The fourth-order valence-electron chi connectivity index (χ4n) is 2.44. The molecule has 2 rings (SSSR count). The first-order valence-electron chi connectivity index (χ1n) is 7.22. The van der Waals surface area contributed by atoms with Crippen molar-refractivity contribution in [3.63, 3.8) is 0 Å². The van der Waals surface area contributed by atoms with E-state index in [1.807, 2.05) is 25.1 Å². The first-order chi connectivity index (χ1) is 9.61. The molecule has 3 N–H and O–H groups in total. The predicted molar refractivity (Wildman–Crippen MR) is 81.4 cm³/mol. The van der Waals surface area contributed by atoms with Crippen molar-refractivity contribution in [2.45, 2.75) is 39.2 Å². The molecule has 0 saturated heterocycles. The molecule has 3 nitrogen and oxygen atoms in total. The number of carbonyl (C=O) groups is 1. The average Bonchev–Trinajstić information content (AvgIpc) is 2.35. The Kier molecular flexibility index (Phi) is 4.81. The van der Waals surface area contributed by atoms with Crippen molar-refractivity contribution in [2.75, 3.05) is 6.54 Å². The van der Waals surface area contributed by atoms with Gasteiger partial charge < -0.3 is 11.1 Å². The maximum Gasteiger partial charge on any atom is 0.252 e. The molecule has 0 radical (unpaired) electrons. The van der Waals surface area contributed by atoms with Gasteiger partial charge in [0.15, 0.2) is 0 Å². The number of aryl methyl sites for hydroxylation is 1. The number of hydrogen-bond acceptors (Lipinski definition) is 2. The third-order valence-corrected chi connectivity index (χ3v) is 3.96. The highest BCUT2D eigenvalue weighted by atomic mass is 16.1. The lowest BCUT2D eigenvalue weighted by Crippen LogP contribution is -2.40. The lowest BCUT2D eigenvalue weighted by atomic mass is 9.80. The van der Waals surface area contributed by atoms with E-state index in [4.69, 9.17) is 5.73 Å². The van der Waals surface area contributed by atoms with Crippen LogP contribution in [-0.4, -0.2) is 18.5 Å². The molecule has 20 heavy (non-hydrogen) atoms. The average molecular weight is 270 g/mol. The number of nitrogens with one attached hydrogen (secondary N) is 1. The summed E-state index contributed by atoms with van der Waals surface area (Å²) in [6.45, 7) is 4.36. The van der Waals surface area contributed by atoms with Crippen LogP contribution in [0.4, 0.5) is 0 Å². The van der Waals surface area contributed by atoms with E-state index in [9.17, 15) is 4.79 Å². The fourth-order valence-corrected chi connectivity index (χ4v) is 2.44. The summed E-state index contributed by atoms with van der Waals surface area (Å²) < 4.78 is 0. The molecular weight excluding hydrogens is 248 g/mol. The minimum absolute atomic E-state index is 0.0329. The smallest absolute Gasteiger partial charge is 0.252 e. The molecule has 1 aliphatic carbocycles. The number of amides is 1. The summed E-state index contributed by atoms with van der Waals surface area (Å²) in [5.74, 6) is 6.39. The van der Waals surface area contributed by atoms with E-state index in [2.05, 4.69) is 24.1 Å². The summed E-state index contributed by atoms with van der Waals surface area (Å²) in [5, 5.41) is 3.10. The van der Waals surface area contributed by atoms with Gasteiger partial charge in [0.2, 0.25) is 0 Å². The molecule has 1 aromatic carbocycles. The standard InChI is InChI=1S/C17H22N2O/c1-12-8-9-15(7-4-10-18)16(11-12)17(20)19-13(2)14-5-3-6-14/h8-9,11,13-14H,3,5-6,10,18H2,1-2H3,(H,19,20). The van der Waals surface area contributed by atoms with E-state index < -0.39 is 0 Å². The van der Waals surface area contributed by atoms with Crippen molar-refractivity contribution in [1.29, 1.82) is 0 Å². The molecule has 3 heteroatoms. The summed E-state index contributed by atoms with van der Waals surface area (Å²) >= 11 is 0. The van der Waals surface area contributed by atoms with Crippen LogP contribution in [0.1, 0.15) is 47.7 Å². The van der Waals surface area contributed by atoms with Crippen LogP contribution in [0.3, 0.4) is 0 Å². The van der Waals surface area contributed by atoms with Crippen LogP contribution in [0.2, 0.25) is 0 Å². The van der Waals surface area contributed by atoms with Crippen LogP contribution >= 0.6 is 0 Å². The van der Waals surface area contributed by atoms with Gasteiger partial charge in [0.1, 0.15) is 0 Å². The largest absolute Gasteiger partial charge is 0.349 e. The highest BCUT2D eigenvalue weighted by molar-refractivity contribution is 5.97. The second-order valence-corrected chi connectivity index (χ2v) is 5.51. The Morgan fingerprint density at radius 3 is 2.85 bits per heavy atom. The minimum atomic E-state index is -0.0329.